The number of hydrogen-bond acceptors (Lipinski definition) is 3. The summed E-state index contributed by atoms with van der Waals surface area (Å²) in [6.07, 6.45) is 8.91. The lowest BCUT2D eigenvalue weighted by molar-refractivity contribution is 0.0759. The van der Waals surface area contributed by atoms with Gasteiger partial charge in [-0.15, -0.1) is 0 Å². The Morgan fingerprint density at radius 3 is 2.71 bits per heavy atom. The molecule has 2 nitrogen and oxygen atoms in total. The van der Waals surface area contributed by atoms with E-state index in [0.717, 1.165) is 12.5 Å². The third-order valence-corrected chi connectivity index (χ3v) is 5.98. The van der Waals surface area contributed by atoms with E-state index >= 15 is 0 Å². The average molecular weight is 315 g/mol. The summed E-state index contributed by atoms with van der Waals surface area (Å²) in [4.78, 5) is 2.60. The molecule has 1 saturated carbocycles. The maximum Gasteiger partial charge on any atom is 0.0159 e. The van der Waals surface area contributed by atoms with Crippen LogP contribution in [0.1, 0.15) is 59.8 Å². The summed E-state index contributed by atoms with van der Waals surface area (Å²) in [5.74, 6) is 2.08. The number of thioether (sulfide) groups is 1. The quantitative estimate of drug-likeness (QED) is 0.685. The molecule has 0 aromatic rings. The molecule has 3 unspecified atom stereocenters. The van der Waals surface area contributed by atoms with Crippen LogP contribution in [0.4, 0.5) is 0 Å². The van der Waals surface area contributed by atoms with Gasteiger partial charge in [-0.25, -0.2) is 0 Å². The lowest BCUT2D eigenvalue weighted by Crippen LogP contribution is -2.53. The normalized spacial score (nSPS) is 27.0. The number of rotatable bonds is 9. The van der Waals surface area contributed by atoms with Crippen LogP contribution < -0.4 is 5.32 Å². The van der Waals surface area contributed by atoms with Crippen molar-refractivity contribution in [3.8, 4) is 0 Å². The van der Waals surface area contributed by atoms with Crippen molar-refractivity contribution in [2.45, 2.75) is 71.9 Å². The molecule has 1 aliphatic carbocycles. The Morgan fingerprint density at radius 1 is 1.38 bits per heavy atom. The predicted molar refractivity (Wildman–Crippen MR) is 98.3 cm³/mol. The summed E-state index contributed by atoms with van der Waals surface area (Å²) < 4.78 is 0. The zero-order chi connectivity index (χ0) is 15.9. The summed E-state index contributed by atoms with van der Waals surface area (Å²) in [7, 11) is 2.32. The van der Waals surface area contributed by atoms with Crippen LogP contribution in [0.3, 0.4) is 0 Å². The number of nitrogens with one attached hydrogen (secondary N) is 1. The molecule has 1 rings (SSSR count). The molecule has 1 fully saturated rings. The molecular weight excluding hydrogens is 276 g/mol. The van der Waals surface area contributed by atoms with Crippen molar-refractivity contribution in [1.82, 2.24) is 10.2 Å². The lowest BCUT2D eigenvalue weighted by atomic mass is 9.67. The van der Waals surface area contributed by atoms with Crippen molar-refractivity contribution in [3.05, 3.63) is 0 Å². The second-order valence-electron chi connectivity index (χ2n) is 7.64. The highest BCUT2D eigenvalue weighted by Gasteiger charge is 2.38. The molecule has 0 aliphatic heterocycles. The fourth-order valence-electron chi connectivity index (χ4n) is 3.78. The molecule has 0 bridgehead atoms. The molecular formula is C18H38N2S. The van der Waals surface area contributed by atoms with E-state index in [1.807, 2.05) is 11.8 Å². The first-order valence-corrected chi connectivity index (χ1v) is 10.2. The van der Waals surface area contributed by atoms with Crippen molar-refractivity contribution in [2.24, 2.45) is 11.3 Å². The van der Waals surface area contributed by atoms with E-state index in [2.05, 4.69) is 51.2 Å². The van der Waals surface area contributed by atoms with Gasteiger partial charge in [-0.1, -0.05) is 27.2 Å². The van der Waals surface area contributed by atoms with Crippen molar-refractivity contribution in [3.63, 3.8) is 0 Å². The Hall–Kier alpha value is 0.270. The average Bonchev–Trinajstić information content (AvgIpc) is 2.43. The Balaban J connectivity index is 2.60. The molecule has 3 heteroatoms. The summed E-state index contributed by atoms with van der Waals surface area (Å²) in [6.45, 7) is 12.0. The molecule has 0 heterocycles. The molecule has 0 aromatic heterocycles. The number of nitrogens with zero attached hydrogens (tertiary/aromatic N) is 1. The van der Waals surface area contributed by atoms with Crippen LogP contribution in [0.5, 0.6) is 0 Å². The van der Waals surface area contributed by atoms with Crippen LogP contribution >= 0.6 is 11.8 Å². The highest BCUT2D eigenvalue weighted by atomic mass is 32.2. The van der Waals surface area contributed by atoms with E-state index in [9.17, 15) is 0 Å². The SMILES string of the molecule is CCCNC1C(CN(C)C(C)CCSC)CCCC1(C)C. The van der Waals surface area contributed by atoms with E-state index in [-0.39, 0.29) is 0 Å². The minimum absolute atomic E-state index is 0.446. The van der Waals surface area contributed by atoms with Crippen LogP contribution in [0.2, 0.25) is 0 Å². The van der Waals surface area contributed by atoms with Crippen molar-refractivity contribution < 1.29 is 0 Å². The van der Waals surface area contributed by atoms with Crippen molar-refractivity contribution >= 4 is 11.8 Å². The van der Waals surface area contributed by atoms with Gasteiger partial charge in [0.15, 0.2) is 0 Å². The van der Waals surface area contributed by atoms with Gasteiger partial charge >= 0.3 is 0 Å². The predicted octanol–water partition coefficient (Wildman–Crippen LogP) is 4.25. The molecule has 0 radical (unpaired) electrons. The first kappa shape index (κ1) is 19.3. The van der Waals surface area contributed by atoms with E-state index in [1.54, 1.807) is 0 Å². The zero-order valence-corrected chi connectivity index (χ0v) is 16.1. The minimum atomic E-state index is 0.446. The molecule has 1 aliphatic rings. The fraction of sp³-hybridized carbons (Fsp3) is 1.00. The Labute approximate surface area is 137 Å². The summed E-state index contributed by atoms with van der Waals surface area (Å²) in [6, 6.07) is 1.38. The smallest absolute Gasteiger partial charge is 0.0159 e. The first-order valence-electron chi connectivity index (χ1n) is 8.85. The topological polar surface area (TPSA) is 15.3 Å². The van der Waals surface area contributed by atoms with Gasteiger partial charge in [-0.2, -0.15) is 11.8 Å². The van der Waals surface area contributed by atoms with Crippen LogP contribution in [0.15, 0.2) is 0 Å². The minimum Gasteiger partial charge on any atom is -0.313 e. The summed E-state index contributed by atoms with van der Waals surface area (Å²) in [5.41, 5.74) is 0.446. The van der Waals surface area contributed by atoms with Crippen LogP contribution in [0.25, 0.3) is 0 Å². The molecule has 21 heavy (non-hydrogen) atoms. The van der Waals surface area contributed by atoms with Gasteiger partial charge in [0.05, 0.1) is 0 Å². The Bertz CT molecular complexity index is 280. The van der Waals surface area contributed by atoms with Gasteiger partial charge in [0.1, 0.15) is 0 Å². The molecule has 0 spiro atoms. The fourth-order valence-corrected chi connectivity index (χ4v) is 4.36. The van der Waals surface area contributed by atoms with Crippen LogP contribution in [0, 0.1) is 11.3 Å². The molecule has 0 saturated heterocycles. The van der Waals surface area contributed by atoms with Gasteiger partial charge in [0.25, 0.3) is 0 Å². The van der Waals surface area contributed by atoms with E-state index in [4.69, 9.17) is 0 Å². The van der Waals surface area contributed by atoms with Crippen molar-refractivity contribution in [2.75, 3.05) is 32.1 Å². The second kappa shape index (κ2) is 9.42. The van der Waals surface area contributed by atoms with E-state index in [1.165, 1.54) is 44.4 Å². The van der Waals surface area contributed by atoms with Gasteiger partial charge in [-0.05, 0) is 69.5 Å². The number of hydrogen-bond donors (Lipinski definition) is 1. The highest BCUT2D eigenvalue weighted by molar-refractivity contribution is 7.98. The van der Waals surface area contributed by atoms with Gasteiger partial charge in [0, 0.05) is 18.6 Å². The first-order chi connectivity index (χ1) is 9.92. The van der Waals surface area contributed by atoms with Gasteiger partial charge < -0.3 is 10.2 Å². The van der Waals surface area contributed by atoms with E-state index in [0.29, 0.717) is 17.5 Å². The van der Waals surface area contributed by atoms with Gasteiger partial charge in [0.2, 0.25) is 0 Å². The van der Waals surface area contributed by atoms with Crippen molar-refractivity contribution in [1.29, 1.82) is 0 Å². The third kappa shape index (κ3) is 6.11. The Morgan fingerprint density at radius 2 is 2.10 bits per heavy atom. The monoisotopic (exact) mass is 314 g/mol. The molecule has 0 amide bonds. The highest BCUT2D eigenvalue weighted by Crippen LogP contribution is 2.39. The summed E-state index contributed by atoms with van der Waals surface area (Å²) >= 11 is 1.97. The zero-order valence-electron chi connectivity index (χ0n) is 15.2. The standard InChI is InChI=1S/C18H38N2S/c1-7-12-19-17-16(9-8-11-18(17,3)4)14-20(5)15(2)10-13-21-6/h15-17,19H,7-14H2,1-6H3. The van der Waals surface area contributed by atoms with E-state index < -0.39 is 0 Å². The molecule has 1 N–H and O–H groups in total. The van der Waals surface area contributed by atoms with Crippen LogP contribution in [-0.4, -0.2) is 49.1 Å². The van der Waals surface area contributed by atoms with Gasteiger partial charge in [-0.3, -0.25) is 0 Å². The maximum atomic E-state index is 3.87. The second-order valence-corrected chi connectivity index (χ2v) is 8.63. The molecule has 3 atom stereocenters. The maximum absolute atomic E-state index is 3.87. The third-order valence-electron chi connectivity index (χ3n) is 5.34. The molecule has 126 valence electrons. The molecule has 0 aromatic carbocycles. The largest absolute Gasteiger partial charge is 0.313 e. The van der Waals surface area contributed by atoms with Crippen LogP contribution in [-0.2, 0) is 0 Å². The summed E-state index contributed by atoms with van der Waals surface area (Å²) in [5, 5.41) is 3.87. The lowest BCUT2D eigenvalue weighted by Gasteiger charge is -2.46. The Kier molecular flexibility index (Phi) is 8.66.